The lowest BCUT2D eigenvalue weighted by molar-refractivity contribution is -0.118. The first-order valence-electron chi connectivity index (χ1n) is 8.19. The lowest BCUT2D eigenvalue weighted by Crippen LogP contribution is -2.42. The summed E-state index contributed by atoms with van der Waals surface area (Å²) in [6.07, 6.45) is 3.50. The van der Waals surface area contributed by atoms with Crippen molar-refractivity contribution in [2.24, 2.45) is 7.05 Å². The number of nitrogens with one attached hydrogen (secondary N) is 1. The van der Waals surface area contributed by atoms with Crippen molar-refractivity contribution < 1.29 is 9.59 Å². The van der Waals surface area contributed by atoms with Crippen LogP contribution in [-0.4, -0.2) is 38.0 Å². The Labute approximate surface area is 154 Å². The van der Waals surface area contributed by atoms with Gasteiger partial charge in [0.25, 0.3) is 5.91 Å². The van der Waals surface area contributed by atoms with E-state index < -0.39 is 5.92 Å². The number of rotatable bonds is 3. The predicted molar refractivity (Wildman–Crippen MR) is 97.9 cm³/mol. The van der Waals surface area contributed by atoms with Crippen LogP contribution in [0.15, 0.2) is 48.1 Å². The fourth-order valence-electron chi connectivity index (χ4n) is 3.15. The molecule has 0 saturated carbocycles. The number of hydrogen-bond donors (Lipinski definition) is 1. The SMILES string of the molecule is Cn1cc2c(n1)[C@H](C(=O)Nc1nccs1)CN(C(=O)c1ccccc1)C2. The average Bonchev–Trinajstić information content (AvgIpc) is 3.29. The largest absolute Gasteiger partial charge is 0.333 e. The minimum atomic E-state index is -0.531. The molecule has 1 aliphatic rings. The van der Waals surface area contributed by atoms with E-state index in [1.165, 1.54) is 11.3 Å². The van der Waals surface area contributed by atoms with Crippen LogP contribution in [0, 0.1) is 0 Å². The van der Waals surface area contributed by atoms with Gasteiger partial charge in [0.2, 0.25) is 5.91 Å². The van der Waals surface area contributed by atoms with Gasteiger partial charge in [0.15, 0.2) is 5.13 Å². The third-order valence-electron chi connectivity index (χ3n) is 4.32. The lowest BCUT2D eigenvalue weighted by atomic mass is 9.95. The summed E-state index contributed by atoms with van der Waals surface area (Å²) in [6.45, 7) is 0.729. The van der Waals surface area contributed by atoms with Gasteiger partial charge in [-0.25, -0.2) is 4.98 Å². The predicted octanol–water partition coefficient (Wildman–Crippen LogP) is 2.25. The quantitative estimate of drug-likeness (QED) is 0.770. The van der Waals surface area contributed by atoms with Crippen LogP contribution >= 0.6 is 11.3 Å². The van der Waals surface area contributed by atoms with Gasteiger partial charge in [-0.05, 0) is 12.1 Å². The van der Waals surface area contributed by atoms with Crippen LogP contribution in [-0.2, 0) is 18.4 Å². The smallest absolute Gasteiger partial charge is 0.254 e. The number of hydrogen-bond acceptors (Lipinski definition) is 5. The highest BCUT2D eigenvalue weighted by Gasteiger charge is 2.35. The topological polar surface area (TPSA) is 80.1 Å². The van der Waals surface area contributed by atoms with Crippen molar-refractivity contribution in [1.29, 1.82) is 0 Å². The summed E-state index contributed by atoms with van der Waals surface area (Å²) in [7, 11) is 1.82. The molecule has 0 spiro atoms. The van der Waals surface area contributed by atoms with Gasteiger partial charge in [-0.2, -0.15) is 5.10 Å². The maximum Gasteiger partial charge on any atom is 0.254 e. The Bertz CT molecular complexity index is 936. The summed E-state index contributed by atoms with van der Waals surface area (Å²) in [5, 5.41) is 9.61. The summed E-state index contributed by atoms with van der Waals surface area (Å²) in [4.78, 5) is 31.5. The number of aromatic nitrogens is 3. The Morgan fingerprint density at radius 2 is 2.08 bits per heavy atom. The Hall–Kier alpha value is -3.00. The molecule has 0 aliphatic carbocycles. The van der Waals surface area contributed by atoms with E-state index in [1.807, 2.05) is 31.4 Å². The summed E-state index contributed by atoms with van der Waals surface area (Å²) in [5.41, 5.74) is 2.22. The highest BCUT2D eigenvalue weighted by atomic mass is 32.1. The lowest BCUT2D eigenvalue weighted by Gasteiger charge is -2.31. The zero-order valence-corrected chi connectivity index (χ0v) is 14.9. The monoisotopic (exact) mass is 367 g/mol. The fraction of sp³-hybridized carbons (Fsp3) is 0.222. The molecule has 1 atom stereocenters. The third-order valence-corrected chi connectivity index (χ3v) is 5.01. The van der Waals surface area contributed by atoms with Gasteiger partial charge >= 0.3 is 0 Å². The first-order valence-corrected chi connectivity index (χ1v) is 9.07. The summed E-state index contributed by atoms with van der Waals surface area (Å²) < 4.78 is 1.69. The second-order valence-electron chi connectivity index (χ2n) is 6.14. The highest BCUT2D eigenvalue weighted by Crippen LogP contribution is 2.29. The zero-order valence-electron chi connectivity index (χ0n) is 14.1. The minimum Gasteiger partial charge on any atom is -0.333 e. The molecule has 2 amide bonds. The first kappa shape index (κ1) is 16.5. The highest BCUT2D eigenvalue weighted by molar-refractivity contribution is 7.13. The molecule has 26 heavy (non-hydrogen) atoms. The zero-order chi connectivity index (χ0) is 18.1. The van der Waals surface area contributed by atoms with Crippen molar-refractivity contribution in [2.45, 2.75) is 12.5 Å². The molecule has 132 valence electrons. The molecule has 0 fully saturated rings. The number of anilines is 1. The molecule has 1 aliphatic heterocycles. The molecule has 4 rings (SSSR count). The first-order chi connectivity index (χ1) is 12.6. The fourth-order valence-corrected chi connectivity index (χ4v) is 3.68. The van der Waals surface area contributed by atoms with E-state index in [-0.39, 0.29) is 18.4 Å². The molecule has 0 radical (unpaired) electrons. The molecule has 1 aromatic carbocycles. The van der Waals surface area contributed by atoms with E-state index in [1.54, 1.807) is 33.3 Å². The molecular weight excluding hydrogens is 350 g/mol. The second-order valence-corrected chi connectivity index (χ2v) is 7.04. The molecule has 8 heteroatoms. The van der Waals surface area contributed by atoms with Crippen molar-refractivity contribution in [3.05, 3.63) is 64.9 Å². The summed E-state index contributed by atoms with van der Waals surface area (Å²) >= 11 is 1.36. The van der Waals surface area contributed by atoms with E-state index in [0.717, 1.165) is 11.3 Å². The molecule has 7 nitrogen and oxygen atoms in total. The average molecular weight is 367 g/mol. The van der Waals surface area contributed by atoms with E-state index in [4.69, 9.17) is 0 Å². The van der Waals surface area contributed by atoms with E-state index >= 15 is 0 Å². The number of nitrogens with zero attached hydrogens (tertiary/aromatic N) is 4. The van der Waals surface area contributed by atoms with E-state index in [0.29, 0.717) is 17.2 Å². The molecule has 0 unspecified atom stereocenters. The molecule has 0 bridgehead atoms. The van der Waals surface area contributed by atoms with Gasteiger partial charge < -0.3 is 10.2 Å². The standard InChI is InChI=1S/C18H17N5O2S/c1-22-9-13-10-23(17(25)12-5-3-2-4-6-12)11-14(15(13)21-22)16(24)20-18-19-7-8-26-18/h2-9,14H,10-11H2,1H3,(H,19,20,24)/t14-/m1/s1. The van der Waals surface area contributed by atoms with E-state index in [2.05, 4.69) is 15.4 Å². The number of aryl methyl sites for hydroxylation is 1. The molecule has 3 aromatic rings. The van der Waals surface area contributed by atoms with Crippen molar-refractivity contribution in [2.75, 3.05) is 11.9 Å². The van der Waals surface area contributed by atoms with Crippen molar-refractivity contribution in [1.82, 2.24) is 19.7 Å². The Morgan fingerprint density at radius 3 is 2.81 bits per heavy atom. The van der Waals surface area contributed by atoms with Crippen molar-refractivity contribution >= 4 is 28.3 Å². The normalized spacial score (nSPS) is 16.2. The van der Waals surface area contributed by atoms with Gasteiger partial charge in [-0.3, -0.25) is 14.3 Å². The molecule has 1 N–H and O–H groups in total. The Kier molecular flexibility index (Phi) is 4.26. The van der Waals surface area contributed by atoms with Crippen molar-refractivity contribution in [3.63, 3.8) is 0 Å². The number of thiazole rings is 1. The van der Waals surface area contributed by atoms with Crippen LogP contribution in [0.5, 0.6) is 0 Å². The van der Waals surface area contributed by atoms with Gasteiger partial charge in [0.05, 0.1) is 5.69 Å². The van der Waals surface area contributed by atoms with Crippen LogP contribution in [0.4, 0.5) is 5.13 Å². The van der Waals surface area contributed by atoms with Crippen LogP contribution < -0.4 is 5.32 Å². The van der Waals surface area contributed by atoms with E-state index in [9.17, 15) is 9.59 Å². The summed E-state index contributed by atoms with van der Waals surface area (Å²) in [5.74, 6) is -0.825. The van der Waals surface area contributed by atoms with Gasteiger partial charge in [0, 0.05) is 49.0 Å². The van der Waals surface area contributed by atoms with Crippen LogP contribution in [0.1, 0.15) is 27.5 Å². The number of benzene rings is 1. The van der Waals surface area contributed by atoms with Crippen LogP contribution in [0.3, 0.4) is 0 Å². The van der Waals surface area contributed by atoms with Gasteiger partial charge in [-0.15, -0.1) is 11.3 Å². The molecule has 0 saturated heterocycles. The van der Waals surface area contributed by atoms with Crippen molar-refractivity contribution in [3.8, 4) is 0 Å². The second kappa shape index (κ2) is 6.72. The van der Waals surface area contributed by atoms with Gasteiger partial charge in [-0.1, -0.05) is 18.2 Å². The Balaban J connectivity index is 1.62. The number of fused-ring (bicyclic) bond motifs is 1. The number of amides is 2. The number of carbonyl (C=O) groups excluding carboxylic acids is 2. The molecule has 3 heterocycles. The number of carbonyl (C=O) groups is 2. The minimum absolute atomic E-state index is 0.0906. The molecular formula is C18H17N5O2S. The third kappa shape index (κ3) is 3.11. The Morgan fingerprint density at radius 1 is 1.27 bits per heavy atom. The van der Waals surface area contributed by atoms with Crippen LogP contribution in [0.2, 0.25) is 0 Å². The summed E-state index contributed by atoms with van der Waals surface area (Å²) in [6, 6.07) is 9.10. The maximum atomic E-state index is 12.9. The van der Waals surface area contributed by atoms with Gasteiger partial charge in [0.1, 0.15) is 5.92 Å². The van der Waals surface area contributed by atoms with Crippen LogP contribution in [0.25, 0.3) is 0 Å². The maximum absolute atomic E-state index is 12.9. The molecule has 2 aromatic heterocycles.